The number of anilines is 1. The van der Waals surface area contributed by atoms with E-state index in [1.54, 1.807) is 12.1 Å². The Morgan fingerprint density at radius 2 is 1.83 bits per heavy atom. The maximum atomic E-state index is 13.6. The van der Waals surface area contributed by atoms with E-state index in [1.165, 1.54) is 11.8 Å². The minimum atomic E-state index is -1.71. The fourth-order valence-electron chi connectivity index (χ4n) is 2.55. The molecule has 4 nitrogen and oxygen atoms in total. The van der Waals surface area contributed by atoms with Gasteiger partial charge in [-0.25, -0.2) is 13.2 Å². The molecule has 0 spiro atoms. The average Bonchev–Trinajstić information content (AvgIpc) is 2.72. The quantitative estimate of drug-likeness (QED) is 0.249. The molecule has 3 rings (SSSR count). The zero-order valence-electron chi connectivity index (χ0n) is 15.0. The van der Waals surface area contributed by atoms with Gasteiger partial charge in [0.05, 0.1) is 11.4 Å². The molecular weight excluding hydrogens is 507 g/mol. The van der Waals surface area contributed by atoms with E-state index in [2.05, 4.69) is 15.9 Å². The van der Waals surface area contributed by atoms with Crippen molar-refractivity contribution in [1.82, 2.24) is 0 Å². The minimum absolute atomic E-state index is 0.102. The van der Waals surface area contributed by atoms with Gasteiger partial charge in [0.2, 0.25) is 0 Å². The molecule has 1 N–H and O–H groups in total. The van der Waals surface area contributed by atoms with Crippen molar-refractivity contribution in [2.45, 2.75) is 4.90 Å². The van der Waals surface area contributed by atoms with E-state index >= 15 is 0 Å². The molecule has 0 saturated carbocycles. The van der Waals surface area contributed by atoms with Crippen LogP contribution >= 0.6 is 39.3 Å². The highest BCUT2D eigenvalue weighted by molar-refractivity contribution is 9.10. The fourth-order valence-corrected chi connectivity index (χ4v) is 4.23. The van der Waals surface area contributed by atoms with E-state index < -0.39 is 41.6 Å². The first-order chi connectivity index (χ1) is 14.3. The lowest BCUT2D eigenvalue weighted by Crippen LogP contribution is -2.22. The van der Waals surface area contributed by atoms with Crippen molar-refractivity contribution in [2.24, 2.45) is 0 Å². The van der Waals surface area contributed by atoms with Gasteiger partial charge in [-0.3, -0.25) is 9.59 Å². The summed E-state index contributed by atoms with van der Waals surface area (Å²) < 4.78 is 45.4. The van der Waals surface area contributed by atoms with Crippen molar-refractivity contribution in [3.8, 4) is 0 Å². The van der Waals surface area contributed by atoms with Crippen LogP contribution in [-0.4, -0.2) is 24.2 Å². The molecule has 0 aliphatic rings. The third-order valence-corrected chi connectivity index (χ3v) is 5.96. The molecule has 0 unspecified atom stereocenters. The van der Waals surface area contributed by atoms with Crippen LogP contribution < -0.4 is 5.32 Å². The summed E-state index contributed by atoms with van der Waals surface area (Å²) in [6.07, 6.45) is 0. The van der Waals surface area contributed by atoms with E-state index in [0.717, 1.165) is 26.2 Å². The van der Waals surface area contributed by atoms with Gasteiger partial charge in [-0.2, -0.15) is 0 Å². The molecule has 0 heterocycles. The second-order valence-corrected chi connectivity index (χ2v) is 8.21. The van der Waals surface area contributed by atoms with Gasteiger partial charge >= 0.3 is 5.97 Å². The third kappa shape index (κ3) is 5.08. The molecule has 0 aliphatic heterocycles. The number of carbonyl (C=O) groups excluding carboxylic acids is 2. The molecule has 0 radical (unpaired) electrons. The van der Waals surface area contributed by atoms with E-state index in [1.807, 2.05) is 23.5 Å². The number of halogens is 5. The van der Waals surface area contributed by atoms with Gasteiger partial charge in [-0.15, -0.1) is 11.8 Å². The SMILES string of the molecule is O=C(COC(=O)CSc1ccc(Br)c2cccc(Cl)c12)Nc1ccc(F)c(F)c1F. The highest BCUT2D eigenvalue weighted by Crippen LogP contribution is 2.37. The Bertz CT molecular complexity index is 1150. The number of ether oxygens (including phenoxy) is 1. The summed E-state index contributed by atoms with van der Waals surface area (Å²) in [5.41, 5.74) is -0.555. The van der Waals surface area contributed by atoms with Crippen LogP contribution in [0.2, 0.25) is 5.02 Å². The van der Waals surface area contributed by atoms with E-state index in [0.29, 0.717) is 11.1 Å². The highest BCUT2D eigenvalue weighted by atomic mass is 79.9. The predicted molar refractivity (Wildman–Crippen MR) is 113 cm³/mol. The summed E-state index contributed by atoms with van der Waals surface area (Å²) in [6, 6.07) is 10.6. The van der Waals surface area contributed by atoms with Gasteiger partial charge < -0.3 is 10.1 Å². The van der Waals surface area contributed by atoms with E-state index in [-0.39, 0.29) is 5.75 Å². The van der Waals surface area contributed by atoms with Crippen LogP contribution in [0.5, 0.6) is 0 Å². The number of rotatable bonds is 6. The second kappa shape index (κ2) is 9.72. The Hall–Kier alpha value is -2.23. The fraction of sp³-hybridized carbons (Fsp3) is 0.100. The summed E-state index contributed by atoms with van der Waals surface area (Å²) >= 11 is 10.9. The maximum Gasteiger partial charge on any atom is 0.316 e. The summed E-state index contributed by atoms with van der Waals surface area (Å²) in [4.78, 5) is 24.5. The Balaban J connectivity index is 1.57. The van der Waals surface area contributed by atoms with Crippen LogP contribution in [0.1, 0.15) is 0 Å². The lowest BCUT2D eigenvalue weighted by Gasteiger charge is -2.10. The monoisotopic (exact) mass is 517 g/mol. The number of esters is 1. The van der Waals surface area contributed by atoms with Crippen LogP contribution in [0.4, 0.5) is 18.9 Å². The van der Waals surface area contributed by atoms with Crippen molar-refractivity contribution in [3.05, 3.63) is 69.4 Å². The third-order valence-electron chi connectivity index (χ3n) is 3.92. The molecule has 0 atom stereocenters. The van der Waals surface area contributed by atoms with Gasteiger partial charge in [0.25, 0.3) is 5.91 Å². The number of amides is 1. The number of hydrogen-bond acceptors (Lipinski definition) is 4. The molecule has 0 aliphatic carbocycles. The number of thioether (sulfide) groups is 1. The zero-order valence-corrected chi connectivity index (χ0v) is 18.1. The molecule has 0 fully saturated rings. The lowest BCUT2D eigenvalue weighted by atomic mass is 10.1. The molecule has 3 aromatic carbocycles. The van der Waals surface area contributed by atoms with Crippen LogP contribution in [0.15, 0.2) is 51.8 Å². The first-order valence-corrected chi connectivity index (χ1v) is 10.5. The summed E-state index contributed by atoms with van der Waals surface area (Å²) in [5.74, 6) is -6.31. The Morgan fingerprint density at radius 3 is 2.60 bits per heavy atom. The predicted octanol–water partition coefficient (Wildman–Crippen LogP) is 5.95. The molecular formula is C20H12BrClF3NO3S. The highest BCUT2D eigenvalue weighted by Gasteiger charge is 2.16. The normalized spacial score (nSPS) is 10.8. The topological polar surface area (TPSA) is 55.4 Å². The molecule has 1 amide bonds. The van der Waals surface area contributed by atoms with Crippen molar-refractivity contribution in [3.63, 3.8) is 0 Å². The van der Waals surface area contributed by atoms with Crippen LogP contribution in [0.3, 0.4) is 0 Å². The van der Waals surface area contributed by atoms with Crippen LogP contribution in [0.25, 0.3) is 10.8 Å². The first kappa shape index (κ1) is 22.5. The Kier molecular flexibility index (Phi) is 7.27. The summed E-state index contributed by atoms with van der Waals surface area (Å²) in [7, 11) is 0. The maximum absolute atomic E-state index is 13.6. The molecule has 0 aromatic heterocycles. The zero-order chi connectivity index (χ0) is 21.8. The molecule has 0 saturated heterocycles. The number of fused-ring (bicyclic) bond motifs is 1. The minimum Gasteiger partial charge on any atom is -0.455 e. The Morgan fingerprint density at radius 1 is 1.07 bits per heavy atom. The van der Waals surface area contributed by atoms with Crippen LogP contribution in [0, 0.1) is 17.5 Å². The van der Waals surface area contributed by atoms with Gasteiger partial charge in [0.1, 0.15) is 0 Å². The van der Waals surface area contributed by atoms with Crippen molar-refractivity contribution in [1.29, 1.82) is 0 Å². The van der Waals surface area contributed by atoms with E-state index in [9.17, 15) is 22.8 Å². The van der Waals surface area contributed by atoms with E-state index in [4.69, 9.17) is 16.3 Å². The van der Waals surface area contributed by atoms with Gasteiger partial charge in [-0.05, 0) is 35.7 Å². The molecule has 3 aromatic rings. The van der Waals surface area contributed by atoms with Gasteiger partial charge in [-0.1, -0.05) is 39.7 Å². The molecule has 0 bridgehead atoms. The summed E-state index contributed by atoms with van der Waals surface area (Å²) in [6.45, 7) is -0.709. The first-order valence-electron chi connectivity index (χ1n) is 8.36. The van der Waals surface area contributed by atoms with Crippen molar-refractivity contribution < 1.29 is 27.5 Å². The lowest BCUT2D eigenvalue weighted by molar-refractivity contribution is -0.144. The number of hydrogen-bond donors (Lipinski definition) is 1. The van der Waals surface area contributed by atoms with Gasteiger partial charge in [0, 0.05) is 19.8 Å². The van der Waals surface area contributed by atoms with Crippen molar-refractivity contribution in [2.75, 3.05) is 17.7 Å². The number of nitrogens with one attached hydrogen (secondary N) is 1. The standard InChI is InChI=1S/C20H12BrClF3NO3S/c21-11-4-7-15(18-10(11)2-1-3-12(18)22)30-9-17(28)29-8-16(27)26-14-6-5-13(23)19(24)20(14)25/h1-7H,8-9H2,(H,26,27). The smallest absolute Gasteiger partial charge is 0.316 e. The molecule has 30 heavy (non-hydrogen) atoms. The number of benzene rings is 3. The average molecular weight is 519 g/mol. The summed E-state index contributed by atoms with van der Waals surface area (Å²) in [5, 5.41) is 4.20. The largest absolute Gasteiger partial charge is 0.455 e. The second-order valence-electron chi connectivity index (χ2n) is 5.93. The molecule has 10 heteroatoms. The van der Waals surface area contributed by atoms with Crippen molar-refractivity contribution >= 4 is 67.6 Å². The Labute approximate surface area is 186 Å². The number of carbonyl (C=O) groups is 2. The molecule has 156 valence electrons. The van der Waals surface area contributed by atoms with Gasteiger partial charge in [0.15, 0.2) is 24.1 Å². The van der Waals surface area contributed by atoms with Crippen LogP contribution in [-0.2, 0) is 14.3 Å².